The number of hydrogen-bond donors (Lipinski definition) is 2. The van der Waals surface area contributed by atoms with Crippen molar-refractivity contribution in [3.63, 3.8) is 0 Å². The molecule has 1 aliphatic heterocycles. The molecule has 0 bridgehead atoms. The second kappa shape index (κ2) is 9.81. The van der Waals surface area contributed by atoms with Crippen LogP contribution in [0, 0.1) is 0 Å². The molecule has 3 rings (SSSR count). The third-order valence-electron chi connectivity index (χ3n) is 5.50. The van der Waals surface area contributed by atoms with E-state index < -0.39 is 0 Å². The highest BCUT2D eigenvalue weighted by atomic mass is 35.5. The van der Waals surface area contributed by atoms with Crippen molar-refractivity contribution >= 4 is 30.1 Å². The van der Waals surface area contributed by atoms with Crippen LogP contribution in [0.4, 0.5) is 0 Å². The minimum Gasteiger partial charge on any atom is -0.350 e. The van der Waals surface area contributed by atoms with Gasteiger partial charge >= 0.3 is 0 Å². The van der Waals surface area contributed by atoms with E-state index in [2.05, 4.69) is 10.2 Å². The number of rotatable bonds is 5. The maximum Gasteiger partial charge on any atom is 0.251 e. The Morgan fingerprint density at radius 1 is 1.12 bits per heavy atom. The van der Waals surface area contributed by atoms with Crippen LogP contribution in [-0.2, 0) is 6.54 Å². The summed E-state index contributed by atoms with van der Waals surface area (Å²) < 4.78 is 0. The number of carbonyl (C=O) groups excluding carboxylic acids is 1. The predicted molar refractivity (Wildman–Crippen MR) is 109 cm³/mol. The molecule has 1 saturated carbocycles. The first-order chi connectivity index (χ1) is 11.7. The molecule has 1 heterocycles. The van der Waals surface area contributed by atoms with Gasteiger partial charge in [-0.1, -0.05) is 31.4 Å². The fourth-order valence-corrected chi connectivity index (χ4v) is 4.89. The van der Waals surface area contributed by atoms with Crippen molar-refractivity contribution in [2.24, 2.45) is 5.73 Å². The molecule has 0 radical (unpaired) electrons. The molecule has 1 saturated heterocycles. The Kier molecular flexibility index (Phi) is 8.07. The molecule has 6 heteroatoms. The van der Waals surface area contributed by atoms with Crippen LogP contribution in [-0.4, -0.2) is 47.5 Å². The quantitative estimate of drug-likeness (QED) is 0.820. The van der Waals surface area contributed by atoms with E-state index in [1.165, 1.54) is 43.6 Å². The van der Waals surface area contributed by atoms with Gasteiger partial charge < -0.3 is 11.1 Å². The largest absolute Gasteiger partial charge is 0.350 e. The van der Waals surface area contributed by atoms with Crippen molar-refractivity contribution < 1.29 is 4.79 Å². The molecule has 3 N–H and O–H groups in total. The first kappa shape index (κ1) is 20.6. The molecule has 1 aromatic carbocycles. The van der Waals surface area contributed by atoms with Crippen LogP contribution in [0.1, 0.15) is 48.0 Å². The van der Waals surface area contributed by atoms with E-state index >= 15 is 0 Å². The van der Waals surface area contributed by atoms with Gasteiger partial charge in [-0.25, -0.2) is 0 Å². The summed E-state index contributed by atoms with van der Waals surface area (Å²) in [5.41, 5.74) is 7.58. The number of nitrogens with zero attached hydrogens (tertiary/aromatic N) is 1. The number of benzene rings is 1. The van der Waals surface area contributed by atoms with Crippen molar-refractivity contribution in [2.45, 2.75) is 44.2 Å². The summed E-state index contributed by atoms with van der Waals surface area (Å²) in [5.74, 6) is 2.47. The summed E-state index contributed by atoms with van der Waals surface area (Å²) in [6, 6.07) is 7.63. The monoisotopic (exact) mass is 383 g/mol. The lowest BCUT2D eigenvalue weighted by Crippen LogP contribution is -2.58. The first-order valence-corrected chi connectivity index (χ1v) is 10.3. The number of amides is 1. The Morgan fingerprint density at radius 2 is 1.76 bits per heavy atom. The minimum atomic E-state index is 0. The smallest absolute Gasteiger partial charge is 0.251 e. The molecule has 4 nitrogen and oxygen atoms in total. The summed E-state index contributed by atoms with van der Waals surface area (Å²) in [6.07, 6.45) is 6.32. The SMILES string of the molecule is Cl.NCc1ccc(C(=O)NCC2(N3CCSCC3)CCCCC2)cc1. The zero-order valence-corrected chi connectivity index (χ0v) is 16.5. The Hall–Kier alpha value is -0.750. The van der Waals surface area contributed by atoms with Gasteiger partial charge in [0.1, 0.15) is 0 Å². The summed E-state index contributed by atoms with van der Waals surface area (Å²) in [4.78, 5) is 15.2. The van der Waals surface area contributed by atoms with Crippen LogP contribution in [0.3, 0.4) is 0 Å². The molecule has 1 aromatic rings. The minimum absolute atomic E-state index is 0. The lowest BCUT2D eigenvalue weighted by Gasteiger charge is -2.48. The highest BCUT2D eigenvalue weighted by Crippen LogP contribution is 2.34. The normalized spacial score (nSPS) is 20.5. The van der Waals surface area contributed by atoms with E-state index in [9.17, 15) is 4.79 Å². The van der Waals surface area contributed by atoms with Crippen molar-refractivity contribution in [2.75, 3.05) is 31.1 Å². The summed E-state index contributed by atoms with van der Waals surface area (Å²) in [5, 5.41) is 3.23. The van der Waals surface area contributed by atoms with E-state index in [1.54, 1.807) is 0 Å². The van der Waals surface area contributed by atoms with Crippen LogP contribution < -0.4 is 11.1 Å². The van der Waals surface area contributed by atoms with Crippen molar-refractivity contribution in [3.05, 3.63) is 35.4 Å². The van der Waals surface area contributed by atoms with Crippen LogP contribution in [0.5, 0.6) is 0 Å². The summed E-state index contributed by atoms with van der Waals surface area (Å²) >= 11 is 2.05. The molecule has 140 valence electrons. The number of halogens is 1. The van der Waals surface area contributed by atoms with Gasteiger partial charge in [0, 0.05) is 48.8 Å². The lowest BCUT2D eigenvalue weighted by atomic mass is 9.80. The number of nitrogens with one attached hydrogen (secondary N) is 1. The molecule has 0 unspecified atom stereocenters. The van der Waals surface area contributed by atoms with E-state index in [4.69, 9.17) is 5.73 Å². The molecular weight excluding hydrogens is 354 g/mol. The van der Waals surface area contributed by atoms with Crippen LogP contribution in [0.15, 0.2) is 24.3 Å². The van der Waals surface area contributed by atoms with Crippen molar-refractivity contribution in [1.29, 1.82) is 0 Å². The fraction of sp³-hybridized carbons (Fsp3) is 0.632. The van der Waals surface area contributed by atoms with E-state index in [0.717, 1.165) is 30.8 Å². The first-order valence-electron chi connectivity index (χ1n) is 9.13. The summed E-state index contributed by atoms with van der Waals surface area (Å²) in [7, 11) is 0. The molecule has 0 aromatic heterocycles. The maximum atomic E-state index is 12.5. The van der Waals surface area contributed by atoms with Gasteiger partial charge in [0.2, 0.25) is 0 Å². The number of hydrogen-bond acceptors (Lipinski definition) is 4. The van der Waals surface area contributed by atoms with E-state index in [1.807, 2.05) is 36.0 Å². The molecule has 2 fully saturated rings. The van der Waals surface area contributed by atoms with Gasteiger partial charge in [0.15, 0.2) is 0 Å². The highest BCUT2D eigenvalue weighted by Gasteiger charge is 2.38. The topological polar surface area (TPSA) is 58.4 Å². The van der Waals surface area contributed by atoms with Crippen LogP contribution in [0.25, 0.3) is 0 Å². The maximum absolute atomic E-state index is 12.5. The second-order valence-corrected chi connectivity index (χ2v) is 8.19. The number of carbonyl (C=O) groups is 1. The molecule has 1 amide bonds. The van der Waals surface area contributed by atoms with Gasteiger partial charge in [-0.05, 0) is 30.5 Å². The number of nitrogens with two attached hydrogens (primary N) is 1. The Labute approximate surface area is 161 Å². The van der Waals surface area contributed by atoms with E-state index in [0.29, 0.717) is 6.54 Å². The van der Waals surface area contributed by atoms with Gasteiger partial charge in [-0.2, -0.15) is 11.8 Å². The average Bonchev–Trinajstić information content (AvgIpc) is 2.67. The second-order valence-electron chi connectivity index (χ2n) is 6.97. The van der Waals surface area contributed by atoms with E-state index in [-0.39, 0.29) is 23.9 Å². The van der Waals surface area contributed by atoms with Gasteiger partial charge in [-0.15, -0.1) is 12.4 Å². The standard InChI is InChI=1S/C19H29N3OS.ClH/c20-14-16-4-6-17(7-5-16)18(23)21-15-19(8-2-1-3-9-19)22-10-12-24-13-11-22;/h4-7H,1-3,8-15,20H2,(H,21,23);1H. The summed E-state index contributed by atoms with van der Waals surface area (Å²) in [6.45, 7) is 3.60. The zero-order chi connectivity index (χ0) is 16.8. The molecule has 1 aliphatic carbocycles. The van der Waals surface area contributed by atoms with Crippen molar-refractivity contribution in [1.82, 2.24) is 10.2 Å². The van der Waals surface area contributed by atoms with Crippen LogP contribution in [0.2, 0.25) is 0 Å². The molecule has 0 spiro atoms. The molecule has 2 aliphatic rings. The van der Waals surface area contributed by atoms with Crippen molar-refractivity contribution in [3.8, 4) is 0 Å². The Bertz CT molecular complexity index is 540. The molecule has 0 atom stereocenters. The fourth-order valence-electron chi connectivity index (χ4n) is 3.99. The predicted octanol–water partition coefficient (Wildman–Crippen LogP) is 3.05. The zero-order valence-electron chi connectivity index (χ0n) is 14.8. The number of thioether (sulfide) groups is 1. The Balaban J connectivity index is 0.00000225. The lowest BCUT2D eigenvalue weighted by molar-refractivity contribution is 0.0549. The highest BCUT2D eigenvalue weighted by molar-refractivity contribution is 7.99. The van der Waals surface area contributed by atoms with Crippen LogP contribution >= 0.6 is 24.2 Å². The Morgan fingerprint density at radius 3 is 2.36 bits per heavy atom. The van der Waals surface area contributed by atoms with Gasteiger partial charge in [-0.3, -0.25) is 9.69 Å². The third kappa shape index (κ3) is 5.13. The molecular formula is C19H30ClN3OS. The third-order valence-corrected chi connectivity index (χ3v) is 6.44. The van der Waals surface area contributed by atoms with Gasteiger partial charge in [0.05, 0.1) is 0 Å². The van der Waals surface area contributed by atoms with Gasteiger partial charge in [0.25, 0.3) is 5.91 Å². The average molecular weight is 384 g/mol. The molecule has 25 heavy (non-hydrogen) atoms.